The predicted molar refractivity (Wildman–Crippen MR) is 86.4 cm³/mol. The standard InChI is InChI=1S/C17H29N3O2/c1-4-13-11-15(22-19-13)12-20(3)16(5-2)17(21)18-14-9-7-6-8-10-14/h11,14,16H,4-10,12H2,1-3H3,(H,18,21)/t16-/m0/s1. The normalized spacial score (nSPS) is 17.6. The lowest BCUT2D eigenvalue weighted by atomic mass is 9.95. The molecule has 0 spiro atoms. The minimum Gasteiger partial charge on any atom is -0.360 e. The van der Waals surface area contributed by atoms with Gasteiger partial charge in [0.2, 0.25) is 5.91 Å². The molecule has 1 aromatic heterocycles. The highest BCUT2D eigenvalue weighted by Crippen LogP contribution is 2.18. The summed E-state index contributed by atoms with van der Waals surface area (Å²) in [6.07, 6.45) is 7.66. The molecule has 5 heteroatoms. The van der Waals surface area contributed by atoms with Crippen LogP contribution in [0.2, 0.25) is 0 Å². The van der Waals surface area contributed by atoms with E-state index in [1.54, 1.807) is 0 Å². The highest BCUT2D eigenvalue weighted by Gasteiger charge is 2.25. The summed E-state index contributed by atoms with van der Waals surface area (Å²) < 4.78 is 5.33. The lowest BCUT2D eigenvalue weighted by Crippen LogP contribution is -2.48. The van der Waals surface area contributed by atoms with Crippen LogP contribution in [-0.4, -0.2) is 35.1 Å². The summed E-state index contributed by atoms with van der Waals surface area (Å²) in [7, 11) is 1.97. The number of aryl methyl sites for hydroxylation is 1. The maximum Gasteiger partial charge on any atom is 0.237 e. The molecule has 1 aliphatic carbocycles. The number of rotatable bonds is 7. The fraction of sp³-hybridized carbons (Fsp3) is 0.765. The van der Waals surface area contributed by atoms with Crippen molar-refractivity contribution < 1.29 is 9.32 Å². The molecule has 0 aromatic carbocycles. The molecule has 1 aromatic rings. The summed E-state index contributed by atoms with van der Waals surface area (Å²) in [4.78, 5) is 14.6. The first-order valence-electron chi connectivity index (χ1n) is 8.59. The second kappa shape index (κ2) is 8.32. The molecule has 0 bridgehead atoms. The van der Waals surface area contributed by atoms with Gasteiger partial charge in [-0.3, -0.25) is 9.69 Å². The Morgan fingerprint density at radius 1 is 1.41 bits per heavy atom. The van der Waals surface area contributed by atoms with Crippen LogP contribution in [0, 0.1) is 0 Å². The second-order valence-electron chi connectivity index (χ2n) is 6.32. The lowest BCUT2D eigenvalue weighted by Gasteiger charge is -2.29. The lowest BCUT2D eigenvalue weighted by molar-refractivity contribution is -0.127. The van der Waals surface area contributed by atoms with E-state index < -0.39 is 0 Å². The van der Waals surface area contributed by atoms with E-state index in [1.165, 1.54) is 19.3 Å². The monoisotopic (exact) mass is 307 g/mol. The summed E-state index contributed by atoms with van der Waals surface area (Å²) in [6, 6.07) is 2.22. The number of amides is 1. The summed E-state index contributed by atoms with van der Waals surface area (Å²) >= 11 is 0. The van der Waals surface area contributed by atoms with Crippen molar-refractivity contribution >= 4 is 5.91 Å². The SMILES string of the molecule is CCc1cc(CN(C)[C@@H](CC)C(=O)NC2CCCCC2)on1. The zero-order valence-electron chi connectivity index (χ0n) is 14.1. The number of hydrogen-bond donors (Lipinski definition) is 1. The molecule has 1 heterocycles. The van der Waals surface area contributed by atoms with Crippen molar-refractivity contribution in [3.63, 3.8) is 0 Å². The van der Waals surface area contributed by atoms with Crippen molar-refractivity contribution in [1.82, 2.24) is 15.4 Å². The van der Waals surface area contributed by atoms with E-state index in [0.29, 0.717) is 12.6 Å². The molecule has 0 aliphatic heterocycles. The molecule has 1 fully saturated rings. The molecule has 0 radical (unpaired) electrons. The fourth-order valence-electron chi connectivity index (χ4n) is 3.19. The van der Waals surface area contributed by atoms with Gasteiger partial charge in [-0.15, -0.1) is 0 Å². The predicted octanol–water partition coefficient (Wildman–Crippen LogP) is 2.90. The first-order chi connectivity index (χ1) is 10.6. The Balaban J connectivity index is 1.89. The average Bonchev–Trinajstić information content (AvgIpc) is 2.96. The zero-order valence-corrected chi connectivity index (χ0v) is 14.1. The van der Waals surface area contributed by atoms with Gasteiger partial charge in [0.15, 0.2) is 5.76 Å². The number of nitrogens with one attached hydrogen (secondary N) is 1. The smallest absolute Gasteiger partial charge is 0.237 e. The van der Waals surface area contributed by atoms with Crippen molar-refractivity contribution in [3.05, 3.63) is 17.5 Å². The molecule has 22 heavy (non-hydrogen) atoms. The Labute approximate surface area is 133 Å². The Hall–Kier alpha value is -1.36. The van der Waals surface area contributed by atoms with Crippen LogP contribution < -0.4 is 5.32 Å². The third-order valence-electron chi connectivity index (χ3n) is 4.55. The summed E-state index contributed by atoms with van der Waals surface area (Å²) in [5.41, 5.74) is 0.961. The Kier molecular flexibility index (Phi) is 6.43. The quantitative estimate of drug-likeness (QED) is 0.841. The van der Waals surface area contributed by atoms with Gasteiger partial charge >= 0.3 is 0 Å². The van der Waals surface area contributed by atoms with E-state index in [9.17, 15) is 4.79 Å². The highest BCUT2D eigenvalue weighted by atomic mass is 16.5. The van der Waals surface area contributed by atoms with Crippen molar-refractivity contribution in [2.24, 2.45) is 0 Å². The van der Waals surface area contributed by atoms with Gasteiger partial charge < -0.3 is 9.84 Å². The molecular weight excluding hydrogens is 278 g/mol. The number of nitrogens with zero attached hydrogens (tertiary/aromatic N) is 2. The van der Waals surface area contributed by atoms with Crippen LogP contribution in [0.4, 0.5) is 0 Å². The summed E-state index contributed by atoms with van der Waals surface area (Å²) in [5, 5.41) is 7.24. The summed E-state index contributed by atoms with van der Waals surface area (Å²) in [6.45, 7) is 4.72. The number of aromatic nitrogens is 1. The van der Waals surface area contributed by atoms with Crippen LogP contribution in [0.5, 0.6) is 0 Å². The van der Waals surface area contributed by atoms with Crippen molar-refractivity contribution in [2.75, 3.05) is 7.05 Å². The molecule has 0 unspecified atom stereocenters. The van der Waals surface area contributed by atoms with Crippen molar-refractivity contribution in [1.29, 1.82) is 0 Å². The summed E-state index contributed by atoms with van der Waals surface area (Å²) in [5.74, 6) is 0.968. The first-order valence-corrected chi connectivity index (χ1v) is 8.59. The van der Waals surface area contributed by atoms with Crippen LogP contribution >= 0.6 is 0 Å². The third-order valence-corrected chi connectivity index (χ3v) is 4.55. The third kappa shape index (κ3) is 4.57. The van der Waals surface area contributed by atoms with Crippen LogP contribution in [0.1, 0.15) is 63.8 Å². The van der Waals surface area contributed by atoms with E-state index in [1.807, 2.05) is 13.1 Å². The van der Waals surface area contributed by atoms with E-state index in [0.717, 1.165) is 37.1 Å². The van der Waals surface area contributed by atoms with E-state index in [2.05, 4.69) is 29.2 Å². The number of likely N-dealkylation sites (N-methyl/N-ethyl adjacent to an activating group) is 1. The fourth-order valence-corrected chi connectivity index (χ4v) is 3.19. The maximum absolute atomic E-state index is 12.5. The average molecular weight is 307 g/mol. The van der Waals surface area contributed by atoms with Gasteiger partial charge in [-0.05, 0) is 32.7 Å². The number of hydrogen-bond acceptors (Lipinski definition) is 4. The molecule has 1 aliphatic rings. The Morgan fingerprint density at radius 2 is 2.14 bits per heavy atom. The minimum atomic E-state index is -0.114. The van der Waals surface area contributed by atoms with Crippen LogP contribution in [0.25, 0.3) is 0 Å². The molecule has 1 atom stereocenters. The van der Waals surface area contributed by atoms with Gasteiger partial charge in [-0.1, -0.05) is 38.3 Å². The highest BCUT2D eigenvalue weighted by molar-refractivity contribution is 5.81. The molecule has 124 valence electrons. The number of carbonyl (C=O) groups excluding carboxylic acids is 1. The van der Waals surface area contributed by atoms with Gasteiger partial charge in [-0.25, -0.2) is 0 Å². The van der Waals surface area contributed by atoms with Gasteiger partial charge in [-0.2, -0.15) is 0 Å². The van der Waals surface area contributed by atoms with Gasteiger partial charge in [0.1, 0.15) is 0 Å². The Bertz CT molecular complexity index is 466. The van der Waals surface area contributed by atoms with Crippen molar-refractivity contribution in [2.45, 2.75) is 77.4 Å². The van der Waals surface area contributed by atoms with E-state index in [-0.39, 0.29) is 11.9 Å². The minimum absolute atomic E-state index is 0.114. The van der Waals surface area contributed by atoms with E-state index in [4.69, 9.17) is 4.52 Å². The molecular formula is C17H29N3O2. The molecule has 1 N–H and O–H groups in total. The van der Waals surface area contributed by atoms with Gasteiger partial charge in [0, 0.05) is 12.1 Å². The molecule has 2 rings (SSSR count). The first kappa shape index (κ1) is 17.0. The second-order valence-corrected chi connectivity index (χ2v) is 6.32. The van der Waals surface area contributed by atoms with Gasteiger partial charge in [0.05, 0.1) is 18.3 Å². The van der Waals surface area contributed by atoms with Crippen LogP contribution in [-0.2, 0) is 17.8 Å². The maximum atomic E-state index is 12.5. The van der Waals surface area contributed by atoms with Gasteiger partial charge in [0.25, 0.3) is 0 Å². The zero-order chi connectivity index (χ0) is 15.9. The topological polar surface area (TPSA) is 58.4 Å². The Morgan fingerprint density at radius 3 is 2.73 bits per heavy atom. The molecule has 1 saturated carbocycles. The molecule has 0 saturated heterocycles. The van der Waals surface area contributed by atoms with E-state index >= 15 is 0 Å². The molecule has 5 nitrogen and oxygen atoms in total. The largest absolute Gasteiger partial charge is 0.360 e. The van der Waals surface area contributed by atoms with Crippen LogP contribution in [0.3, 0.4) is 0 Å². The van der Waals surface area contributed by atoms with Crippen LogP contribution in [0.15, 0.2) is 10.6 Å². The molecule has 1 amide bonds. The number of carbonyl (C=O) groups is 1. The van der Waals surface area contributed by atoms with Crippen molar-refractivity contribution in [3.8, 4) is 0 Å².